The summed E-state index contributed by atoms with van der Waals surface area (Å²) in [5.74, 6) is -2.19. The van der Waals surface area contributed by atoms with E-state index >= 15 is 0 Å². The lowest BCUT2D eigenvalue weighted by molar-refractivity contribution is 0.0696. The topological polar surface area (TPSA) is 110 Å². The first kappa shape index (κ1) is 27.9. The van der Waals surface area contributed by atoms with Crippen LogP contribution in [0.25, 0.3) is 0 Å². The number of nitrogens with one attached hydrogen (secondary N) is 1. The second kappa shape index (κ2) is 12.0. The van der Waals surface area contributed by atoms with Gasteiger partial charge in [-0.15, -0.1) is 12.4 Å². The molecular formula is C24H30ClFN4O5S. The van der Waals surface area contributed by atoms with Crippen LogP contribution in [-0.4, -0.2) is 86.1 Å². The first-order valence-electron chi connectivity index (χ1n) is 11.5. The third kappa shape index (κ3) is 6.94. The Hall–Kier alpha value is -2.73. The highest BCUT2D eigenvalue weighted by molar-refractivity contribution is 7.91. The van der Waals surface area contributed by atoms with E-state index in [-0.39, 0.29) is 54.7 Å². The fourth-order valence-corrected chi connectivity index (χ4v) is 5.43. The molecule has 36 heavy (non-hydrogen) atoms. The first-order valence-corrected chi connectivity index (χ1v) is 13.3. The number of benzene rings is 2. The summed E-state index contributed by atoms with van der Waals surface area (Å²) in [5, 5.41) is 12.4. The normalized spacial score (nSPS) is 17.8. The number of hydrogen-bond donors (Lipinski definition) is 2. The van der Waals surface area contributed by atoms with Crippen molar-refractivity contribution in [2.45, 2.75) is 13.1 Å². The average molecular weight is 541 g/mol. The van der Waals surface area contributed by atoms with E-state index in [9.17, 15) is 22.4 Å². The highest BCUT2D eigenvalue weighted by Gasteiger charge is 2.29. The van der Waals surface area contributed by atoms with Gasteiger partial charge >= 0.3 is 12.0 Å². The van der Waals surface area contributed by atoms with E-state index in [1.165, 1.54) is 21.9 Å². The van der Waals surface area contributed by atoms with Crippen LogP contribution in [0.1, 0.15) is 21.5 Å². The number of carboxylic acid groups (broad SMARTS) is 1. The number of halogens is 2. The molecule has 0 spiro atoms. The molecule has 2 aromatic rings. The van der Waals surface area contributed by atoms with Crippen LogP contribution in [0.4, 0.5) is 14.9 Å². The molecule has 0 saturated carbocycles. The second-order valence-corrected chi connectivity index (χ2v) is 11.1. The van der Waals surface area contributed by atoms with Crippen LogP contribution >= 0.6 is 12.4 Å². The van der Waals surface area contributed by atoms with Gasteiger partial charge in [0.1, 0.15) is 5.82 Å². The standard InChI is InChI=1S/C24H29FN4O5S.ClH/c25-22-15-19(23(30)31)3-4-20(22)17-29(24(32)28-11-13-35(33,34)14-12-28)21-5-1-18(2-6-21)16-27-9-7-26-8-10-27;/h1-6,15,26H,7-14,16-17H2,(H,30,31);1H. The number of aromatic carboxylic acids is 1. The summed E-state index contributed by atoms with van der Waals surface area (Å²) in [4.78, 5) is 29.8. The van der Waals surface area contributed by atoms with Gasteiger partial charge in [-0.05, 0) is 29.8 Å². The van der Waals surface area contributed by atoms with Gasteiger partial charge < -0.3 is 15.3 Å². The Labute approximate surface area is 216 Å². The van der Waals surface area contributed by atoms with E-state index in [2.05, 4.69) is 10.2 Å². The van der Waals surface area contributed by atoms with E-state index < -0.39 is 27.7 Å². The van der Waals surface area contributed by atoms with E-state index in [0.717, 1.165) is 44.4 Å². The molecule has 2 aliphatic rings. The van der Waals surface area contributed by atoms with Crippen molar-refractivity contribution in [2.75, 3.05) is 55.7 Å². The number of rotatable bonds is 6. The number of sulfone groups is 1. The maximum Gasteiger partial charge on any atom is 0.335 e. The van der Waals surface area contributed by atoms with Crippen molar-refractivity contribution in [3.8, 4) is 0 Å². The van der Waals surface area contributed by atoms with Gasteiger partial charge in [0.05, 0.1) is 23.6 Å². The van der Waals surface area contributed by atoms with E-state index in [0.29, 0.717) is 5.69 Å². The fraction of sp³-hybridized carbons (Fsp3) is 0.417. The minimum atomic E-state index is -3.17. The van der Waals surface area contributed by atoms with Gasteiger partial charge in [-0.25, -0.2) is 22.4 Å². The largest absolute Gasteiger partial charge is 0.478 e. The van der Waals surface area contributed by atoms with Gasteiger partial charge in [0.15, 0.2) is 9.84 Å². The van der Waals surface area contributed by atoms with Gasteiger partial charge in [-0.2, -0.15) is 0 Å². The molecule has 2 saturated heterocycles. The molecule has 2 fully saturated rings. The molecule has 4 rings (SSSR count). The summed E-state index contributed by atoms with van der Waals surface area (Å²) in [6.07, 6.45) is 0. The summed E-state index contributed by atoms with van der Waals surface area (Å²) in [5.41, 5.74) is 1.62. The number of nitrogens with zero attached hydrogens (tertiary/aromatic N) is 3. The molecule has 196 valence electrons. The number of amides is 2. The lowest BCUT2D eigenvalue weighted by atomic mass is 10.1. The predicted molar refractivity (Wildman–Crippen MR) is 137 cm³/mol. The number of carbonyl (C=O) groups excluding carboxylic acids is 1. The molecule has 0 aromatic heterocycles. The zero-order valence-corrected chi connectivity index (χ0v) is 21.4. The fourth-order valence-electron chi connectivity index (χ4n) is 4.23. The van der Waals surface area contributed by atoms with Crippen molar-refractivity contribution in [3.63, 3.8) is 0 Å². The summed E-state index contributed by atoms with van der Waals surface area (Å²) in [6.45, 7) is 4.59. The summed E-state index contributed by atoms with van der Waals surface area (Å²) in [7, 11) is -3.17. The van der Waals surface area contributed by atoms with Crippen LogP contribution in [0, 0.1) is 5.82 Å². The minimum Gasteiger partial charge on any atom is -0.478 e. The number of hydrogen-bond acceptors (Lipinski definition) is 6. The molecule has 12 heteroatoms. The summed E-state index contributed by atoms with van der Waals surface area (Å²) in [6, 6.07) is 10.6. The van der Waals surface area contributed by atoms with Gasteiger partial charge in [-0.3, -0.25) is 9.80 Å². The Bertz CT molecular complexity index is 1180. The minimum absolute atomic E-state index is 0. The maximum atomic E-state index is 14.7. The number of anilines is 1. The highest BCUT2D eigenvalue weighted by atomic mass is 35.5. The van der Waals surface area contributed by atoms with Gasteiger partial charge in [-0.1, -0.05) is 18.2 Å². The maximum absolute atomic E-state index is 14.7. The second-order valence-electron chi connectivity index (χ2n) is 8.81. The van der Waals surface area contributed by atoms with Gasteiger partial charge in [0, 0.05) is 57.1 Å². The molecule has 2 N–H and O–H groups in total. The van der Waals surface area contributed by atoms with Crippen LogP contribution < -0.4 is 10.2 Å². The SMILES string of the molecule is Cl.O=C(O)c1ccc(CN(C(=O)N2CCS(=O)(=O)CC2)c2ccc(CN3CCNCC3)cc2)c(F)c1. The highest BCUT2D eigenvalue weighted by Crippen LogP contribution is 2.23. The third-order valence-electron chi connectivity index (χ3n) is 6.34. The zero-order valence-electron chi connectivity index (χ0n) is 19.7. The van der Waals surface area contributed by atoms with Crippen molar-refractivity contribution < 1.29 is 27.5 Å². The quantitative estimate of drug-likeness (QED) is 0.578. The number of carboxylic acids is 1. The zero-order chi connectivity index (χ0) is 25.0. The van der Waals surface area contributed by atoms with Crippen molar-refractivity contribution >= 4 is 39.9 Å². The Kier molecular flexibility index (Phi) is 9.29. The Balaban J connectivity index is 0.00000361. The Morgan fingerprint density at radius 3 is 2.22 bits per heavy atom. The lowest BCUT2D eigenvalue weighted by Gasteiger charge is -2.33. The Morgan fingerprint density at radius 1 is 1.00 bits per heavy atom. The van der Waals surface area contributed by atoms with E-state index in [1.807, 2.05) is 12.1 Å². The van der Waals surface area contributed by atoms with Crippen LogP contribution in [0.3, 0.4) is 0 Å². The number of urea groups is 1. The van der Waals surface area contributed by atoms with Crippen molar-refractivity contribution in [1.82, 2.24) is 15.1 Å². The molecule has 9 nitrogen and oxygen atoms in total. The first-order chi connectivity index (χ1) is 16.7. The van der Waals surface area contributed by atoms with Crippen molar-refractivity contribution in [3.05, 3.63) is 65.0 Å². The van der Waals surface area contributed by atoms with Crippen molar-refractivity contribution in [1.29, 1.82) is 0 Å². The molecule has 2 amide bonds. The summed E-state index contributed by atoms with van der Waals surface area (Å²) >= 11 is 0. The molecule has 0 bridgehead atoms. The monoisotopic (exact) mass is 540 g/mol. The third-order valence-corrected chi connectivity index (χ3v) is 7.95. The molecule has 2 aliphatic heterocycles. The van der Waals surface area contributed by atoms with Crippen LogP contribution in [-0.2, 0) is 22.9 Å². The van der Waals surface area contributed by atoms with Gasteiger partial charge in [0.25, 0.3) is 0 Å². The van der Waals surface area contributed by atoms with Gasteiger partial charge in [0.2, 0.25) is 0 Å². The number of piperazine rings is 1. The van der Waals surface area contributed by atoms with Crippen LogP contribution in [0.5, 0.6) is 0 Å². The average Bonchev–Trinajstić information content (AvgIpc) is 2.84. The molecule has 2 heterocycles. The van der Waals surface area contributed by atoms with Crippen LogP contribution in [0.15, 0.2) is 42.5 Å². The Morgan fingerprint density at radius 2 is 1.64 bits per heavy atom. The predicted octanol–water partition coefficient (Wildman–Crippen LogP) is 2.21. The smallest absolute Gasteiger partial charge is 0.335 e. The van der Waals surface area contributed by atoms with Crippen LogP contribution in [0.2, 0.25) is 0 Å². The molecular weight excluding hydrogens is 511 g/mol. The van der Waals surface area contributed by atoms with Crippen molar-refractivity contribution in [2.24, 2.45) is 0 Å². The molecule has 0 radical (unpaired) electrons. The lowest BCUT2D eigenvalue weighted by Crippen LogP contribution is -2.49. The molecule has 2 aromatic carbocycles. The van der Waals surface area contributed by atoms with E-state index in [4.69, 9.17) is 5.11 Å². The van der Waals surface area contributed by atoms with E-state index in [1.54, 1.807) is 12.1 Å². The molecule has 0 aliphatic carbocycles. The molecule has 0 unspecified atom stereocenters. The summed E-state index contributed by atoms with van der Waals surface area (Å²) < 4.78 is 38.4. The molecule has 0 atom stereocenters. The number of carbonyl (C=O) groups is 2.